The molecule has 0 bridgehead atoms. The third kappa shape index (κ3) is 6.99. The number of hydrogen-bond acceptors (Lipinski definition) is 2. The van der Waals surface area contributed by atoms with Gasteiger partial charge in [-0.05, 0) is 60.2 Å². The molecule has 0 saturated heterocycles. The Morgan fingerprint density at radius 1 is 0.900 bits per heavy atom. The molecular formula is C26H49NO3. The highest BCUT2D eigenvalue weighted by Gasteiger charge is 2.57. The maximum absolute atomic E-state index is 13.2. The van der Waals surface area contributed by atoms with Crippen molar-refractivity contribution >= 4 is 11.9 Å². The van der Waals surface area contributed by atoms with E-state index in [4.69, 9.17) is 5.11 Å². The van der Waals surface area contributed by atoms with E-state index >= 15 is 0 Å². The molecule has 1 fully saturated rings. The summed E-state index contributed by atoms with van der Waals surface area (Å²) >= 11 is 0. The van der Waals surface area contributed by atoms with Gasteiger partial charge in [-0.3, -0.25) is 9.59 Å². The summed E-state index contributed by atoms with van der Waals surface area (Å²) < 4.78 is 0. The molecule has 30 heavy (non-hydrogen) atoms. The van der Waals surface area contributed by atoms with Crippen molar-refractivity contribution in [3.8, 4) is 0 Å². The quantitative estimate of drug-likeness (QED) is 0.383. The van der Waals surface area contributed by atoms with Crippen LogP contribution in [-0.2, 0) is 9.59 Å². The largest absolute Gasteiger partial charge is 0.480 e. The second kappa shape index (κ2) is 9.61. The molecule has 1 saturated carbocycles. The second-order valence-corrected chi connectivity index (χ2v) is 12.6. The van der Waals surface area contributed by atoms with Crippen LogP contribution in [0.15, 0.2) is 0 Å². The number of carboxylic acid groups (broad SMARTS) is 1. The Morgan fingerprint density at radius 3 is 1.87 bits per heavy atom. The van der Waals surface area contributed by atoms with Gasteiger partial charge in [0.2, 0.25) is 5.91 Å². The number of amides is 1. The lowest BCUT2D eigenvalue weighted by atomic mass is 9.64. The maximum atomic E-state index is 13.2. The molecule has 0 heterocycles. The van der Waals surface area contributed by atoms with Gasteiger partial charge in [0.05, 0.1) is 0 Å². The van der Waals surface area contributed by atoms with Crippen LogP contribution in [-0.4, -0.2) is 35.5 Å². The first-order chi connectivity index (χ1) is 13.5. The van der Waals surface area contributed by atoms with E-state index in [0.717, 1.165) is 19.3 Å². The van der Waals surface area contributed by atoms with Gasteiger partial charge < -0.3 is 10.0 Å². The Morgan fingerprint density at radius 2 is 1.43 bits per heavy atom. The molecule has 1 aliphatic rings. The van der Waals surface area contributed by atoms with Gasteiger partial charge in [0.1, 0.15) is 6.54 Å². The van der Waals surface area contributed by atoms with Gasteiger partial charge in [-0.25, -0.2) is 0 Å². The maximum Gasteiger partial charge on any atom is 0.323 e. The number of likely N-dealkylation sites (N-methyl/N-ethyl adjacent to an activating group) is 1. The Kier molecular flexibility index (Phi) is 8.64. The third-order valence-electron chi connectivity index (χ3n) is 7.33. The van der Waals surface area contributed by atoms with Crippen molar-refractivity contribution in [2.75, 3.05) is 13.6 Å². The highest BCUT2D eigenvalue weighted by atomic mass is 16.4. The van der Waals surface area contributed by atoms with E-state index in [1.54, 1.807) is 7.05 Å². The molecule has 1 aliphatic carbocycles. The predicted octanol–water partition coefficient (Wildman–Crippen LogP) is 6.63. The summed E-state index contributed by atoms with van der Waals surface area (Å²) in [5.41, 5.74) is 0.204. The number of carboxylic acids is 1. The van der Waals surface area contributed by atoms with E-state index in [9.17, 15) is 9.59 Å². The normalized spacial score (nSPS) is 23.4. The zero-order valence-corrected chi connectivity index (χ0v) is 21.5. The van der Waals surface area contributed by atoms with Crippen LogP contribution in [0.1, 0.15) is 107 Å². The van der Waals surface area contributed by atoms with E-state index in [2.05, 4.69) is 62.3 Å². The van der Waals surface area contributed by atoms with Gasteiger partial charge in [-0.1, -0.05) is 75.2 Å². The van der Waals surface area contributed by atoms with E-state index in [0.29, 0.717) is 22.7 Å². The molecule has 4 nitrogen and oxygen atoms in total. The number of rotatable bonds is 12. The summed E-state index contributed by atoms with van der Waals surface area (Å²) in [4.78, 5) is 25.8. The van der Waals surface area contributed by atoms with Crippen molar-refractivity contribution in [2.45, 2.75) is 107 Å². The van der Waals surface area contributed by atoms with Gasteiger partial charge >= 0.3 is 5.97 Å². The van der Waals surface area contributed by atoms with Crippen molar-refractivity contribution in [1.29, 1.82) is 0 Å². The summed E-state index contributed by atoms with van der Waals surface area (Å²) in [5, 5.41) is 9.13. The topological polar surface area (TPSA) is 57.6 Å². The van der Waals surface area contributed by atoms with E-state index in [1.807, 2.05) is 0 Å². The van der Waals surface area contributed by atoms with E-state index < -0.39 is 11.4 Å². The summed E-state index contributed by atoms with van der Waals surface area (Å²) in [5.74, 6) is 0.362. The molecule has 0 radical (unpaired) electrons. The standard InChI is InChI=1S/C26H49NO3/c1-11-13-25(8,17-23(3,4)5)20-15-19(20)24(6,7)18-26(9,14-12-2)22(30)27(10)16-21(28)29/h19-20H,11-18H2,1-10H3,(H,28,29). The Bertz CT molecular complexity index is 606. The average Bonchev–Trinajstić information content (AvgIpc) is 3.33. The van der Waals surface area contributed by atoms with Crippen LogP contribution in [0.3, 0.4) is 0 Å². The number of carbonyl (C=O) groups excluding carboxylic acids is 1. The molecule has 1 amide bonds. The molecule has 0 aromatic carbocycles. The summed E-state index contributed by atoms with van der Waals surface area (Å²) in [6.45, 7) is 20.4. The fourth-order valence-electron chi connectivity index (χ4n) is 6.71. The molecule has 4 atom stereocenters. The predicted molar refractivity (Wildman–Crippen MR) is 125 cm³/mol. The van der Waals surface area contributed by atoms with Gasteiger partial charge in [0.25, 0.3) is 0 Å². The summed E-state index contributed by atoms with van der Waals surface area (Å²) in [7, 11) is 1.62. The Labute approximate surface area is 186 Å². The highest BCUT2D eigenvalue weighted by molar-refractivity contribution is 5.85. The fraction of sp³-hybridized carbons (Fsp3) is 0.923. The van der Waals surface area contributed by atoms with Crippen LogP contribution in [0.4, 0.5) is 0 Å². The van der Waals surface area contributed by atoms with Gasteiger partial charge in [0, 0.05) is 12.5 Å². The summed E-state index contributed by atoms with van der Waals surface area (Å²) in [6.07, 6.45) is 7.49. The zero-order valence-electron chi connectivity index (χ0n) is 21.5. The smallest absolute Gasteiger partial charge is 0.323 e. The monoisotopic (exact) mass is 423 g/mol. The van der Waals surface area contributed by atoms with Crippen LogP contribution < -0.4 is 0 Å². The molecule has 4 unspecified atom stereocenters. The van der Waals surface area contributed by atoms with Crippen molar-refractivity contribution in [3.05, 3.63) is 0 Å². The third-order valence-corrected chi connectivity index (χ3v) is 7.33. The van der Waals surface area contributed by atoms with Crippen LogP contribution >= 0.6 is 0 Å². The van der Waals surface area contributed by atoms with Crippen molar-refractivity contribution < 1.29 is 14.7 Å². The fourth-order valence-corrected chi connectivity index (χ4v) is 6.71. The van der Waals surface area contributed by atoms with Crippen LogP contribution in [0.2, 0.25) is 0 Å². The summed E-state index contributed by atoms with van der Waals surface area (Å²) in [6, 6.07) is 0. The minimum Gasteiger partial charge on any atom is -0.480 e. The zero-order chi connectivity index (χ0) is 23.5. The lowest BCUT2D eigenvalue weighted by Gasteiger charge is -2.41. The number of carbonyl (C=O) groups is 2. The van der Waals surface area contributed by atoms with Crippen LogP contribution in [0, 0.1) is 33.5 Å². The first-order valence-electron chi connectivity index (χ1n) is 12.0. The number of aliphatic carboxylic acids is 1. The minimum atomic E-state index is -0.955. The first kappa shape index (κ1) is 27.0. The molecule has 0 aliphatic heterocycles. The molecule has 0 aromatic rings. The van der Waals surface area contributed by atoms with E-state index in [1.165, 1.54) is 30.6 Å². The lowest BCUT2D eigenvalue weighted by molar-refractivity contribution is -0.149. The molecule has 4 heteroatoms. The van der Waals surface area contributed by atoms with Crippen LogP contribution in [0.25, 0.3) is 0 Å². The lowest BCUT2D eigenvalue weighted by Crippen LogP contribution is -2.45. The molecule has 0 spiro atoms. The van der Waals surface area contributed by atoms with Crippen molar-refractivity contribution in [1.82, 2.24) is 4.90 Å². The van der Waals surface area contributed by atoms with Gasteiger partial charge in [0.15, 0.2) is 0 Å². The van der Waals surface area contributed by atoms with Crippen molar-refractivity contribution in [3.63, 3.8) is 0 Å². The van der Waals surface area contributed by atoms with Crippen LogP contribution in [0.5, 0.6) is 0 Å². The first-order valence-corrected chi connectivity index (χ1v) is 12.0. The molecule has 1 rings (SSSR count). The second-order valence-electron chi connectivity index (χ2n) is 12.6. The number of hydrogen-bond donors (Lipinski definition) is 1. The minimum absolute atomic E-state index is 0.0250. The molecule has 0 aromatic heterocycles. The molecule has 1 N–H and O–H groups in total. The van der Waals surface area contributed by atoms with Crippen molar-refractivity contribution in [2.24, 2.45) is 33.5 Å². The average molecular weight is 424 g/mol. The van der Waals surface area contributed by atoms with E-state index in [-0.39, 0.29) is 17.9 Å². The SMILES string of the molecule is CCCC(C)(CC(C)(C)C1CC1C(C)(CCC)CC(C)(C)C)C(=O)N(C)CC(=O)O. The molecule has 176 valence electrons. The van der Waals surface area contributed by atoms with Gasteiger partial charge in [-0.15, -0.1) is 0 Å². The van der Waals surface area contributed by atoms with Gasteiger partial charge in [-0.2, -0.15) is 0 Å². The Hall–Kier alpha value is -1.06. The molecular weight excluding hydrogens is 374 g/mol. The highest BCUT2D eigenvalue weighted by Crippen LogP contribution is 2.64. The Balaban J connectivity index is 3.04. The number of nitrogens with zero attached hydrogens (tertiary/aromatic N) is 1.